The van der Waals surface area contributed by atoms with E-state index in [1.165, 1.54) is 77.2 Å². The summed E-state index contributed by atoms with van der Waals surface area (Å²) in [7, 11) is 0. The molecule has 0 N–H and O–H groups in total. The minimum absolute atomic E-state index is 1.05. The molecule has 0 unspecified atom stereocenters. The van der Waals surface area contributed by atoms with E-state index in [-0.39, 0.29) is 0 Å². The zero-order valence-electron chi connectivity index (χ0n) is 20.7. The van der Waals surface area contributed by atoms with Crippen LogP contribution in [0.3, 0.4) is 0 Å². The van der Waals surface area contributed by atoms with Gasteiger partial charge in [-0.05, 0) is 86.5 Å². The van der Waals surface area contributed by atoms with Gasteiger partial charge >= 0.3 is 0 Å². The summed E-state index contributed by atoms with van der Waals surface area (Å²) in [6.07, 6.45) is 1.05. The Kier molecular flexibility index (Phi) is 4.27. The van der Waals surface area contributed by atoms with Crippen LogP contribution in [-0.2, 0) is 6.42 Å². The van der Waals surface area contributed by atoms with Crippen molar-refractivity contribution in [2.75, 3.05) is 0 Å². The molecule has 0 atom stereocenters. The Morgan fingerprint density at radius 2 is 1.22 bits per heavy atom. The first-order valence-corrected chi connectivity index (χ1v) is 13.1. The van der Waals surface area contributed by atoms with Crippen LogP contribution >= 0.6 is 0 Å². The smallest absolute Gasteiger partial charge is 0.0553 e. The molecule has 7 aromatic rings. The Hall–Kier alpha value is -4.62. The van der Waals surface area contributed by atoms with Crippen LogP contribution in [0.5, 0.6) is 0 Å². The molecule has 1 heteroatoms. The number of hydrogen-bond acceptors (Lipinski definition) is 0. The number of fused-ring (bicyclic) bond motifs is 3. The zero-order valence-corrected chi connectivity index (χ0v) is 20.7. The molecule has 174 valence electrons. The van der Waals surface area contributed by atoms with E-state index in [1.54, 1.807) is 0 Å². The maximum atomic E-state index is 2.46. The Labute approximate surface area is 216 Å². The summed E-state index contributed by atoms with van der Waals surface area (Å²) in [6.45, 7) is 2.21. The predicted molar refractivity (Wildman–Crippen MR) is 158 cm³/mol. The SMILES string of the molecule is CCc1ccc(-c2cc3c4c5c6c(cccc6ccc5n(-c5ccccc5)c4c2)-c2ccccc2-3)cc1. The van der Waals surface area contributed by atoms with E-state index in [2.05, 4.69) is 133 Å². The monoisotopic (exact) mass is 471 g/mol. The molecule has 0 radical (unpaired) electrons. The van der Waals surface area contributed by atoms with E-state index in [9.17, 15) is 0 Å². The number of rotatable bonds is 3. The van der Waals surface area contributed by atoms with Gasteiger partial charge in [0.05, 0.1) is 11.0 Å². The van der Waals surface area contributed by atoms with Gasteiger partial charge in [-0.2, -0.15) is 0 Å². The van der Waals surface area contributed by atoms with Crippen molar-refractivity contribution in [3.05, 3.63) is 127 Å². The maximum absolute atomic E-state index is 2.46. The fourth-order valence-corrected chi connectivity index (χ4v) is 6.35. The summed E-state index contributed by atoms with van der Waals surface area (Å²) in [6, 6.07) is 45.0. The fourth-order valence-electron chi connectivity index (χ4n) is 6.35. The summed E-state index contributed by atoms with van der Waals surface area (Å²) in [5, 5.41) is 5.34. The van der Waals surface area contributed by atoms with Gasteiger partial charge in [-0.1, -0.05) is 97.9 Å². The van der Waals surface area contributed by atoms with Crippen LogP contribution < -0.4 is 0 Å². The highest BCUT2D eigenvalue weighted by atomic mass is 15.0. The van der Waals surface area contributed by atoms with Crippen molar-refractivity contribution in [2.45, 2.75) is 13.3 Å². The lowest BCUT2D eigenvalue weighted by Crippen LogP contribution is -1.95. The first kappa shape index (κ1) is 20.6. The molecule has 0 saturated heterocycles. The van der Waals surface area contributed by atoms with Crippen LogP contribution in [0.15, 0.2) is 121 Å². The number of aryl methyl sites for hydroxylation is 1. The molecule has 6 aromatic carbocycles. The molecule has 0 amide bonds. The minimum atomic E-state index is 1.05. The average molecular weight is 472 g/mol. The summed E-state index contributed by atoms with van der Waals surface area (Å²) in [5.41, 5.74) is 12.8. The van der Waals surface area contributed by atoms with Gasteiger partial charge < -0.3 is 4.57 Å². The third-order valence-electron chi connectivity index (χ3n) is 8.09. The topological polar surface area (TPSA) is 4.93 Å². The lowest BCUT2D eigenvalue weighted by Gasteiger charge is -2.15. The second-order valence-electron chi connectivity index (χ2n) is 10.0. The normalized spacial score (nSPS) is 12.0. The van der Waals surface area contributed by atoms with Gasteiger partial charge in [-0.3, -0.25) is 0 Å². The van der Waals surface area contributed by atoms with Gasteiger partial charge in [0.25, 0.3) is 0 Å². The van der Waals surface area contributed by atoms with Crippen LogP contribution in [0.1, 0.15) is 12.5 Å². The second kappa shape index (κ2) is 7.69. The van der Waals surface area contributed by atoms with E-state index in [0.29, 0.717) is 0 Å². The van der Waals surface area contributed by atoms with E-state index in [1.807, 2.05) is 0 Å². The summed E-state index contributed by atoms with van der Waals surface area (Å²) >= 11 is 0. The van der Waals surface area contributed by atoms with Crippen molar-refractivity contribution in [3.63, 3.8) is 0 Å². The number of hydrogen-bond donors (Lipinski definition) is 0. The highest BCUT2D eigenvalue weighted by Crippen LogP contribution is 2.50. The molecule has 37 heavy (non-hydrogen) atoms. The standard InChI is InChI=1S/C36H25N/c1-2-23-15-17-24(18-16-23)26-21-31-29-13-7-6-12-28(29)30-14-8-9-25-19-20-32-36(34(25)30)35(31)33(22-26)37(32)27-10-4-3-5-11-27/h3-22H,2H2,1H3. The first-order valence-electron chi connectivity index (χ1n) is 13.1. The van der Waals surface area contributed by atoms with Crippen LogP contribution in [0.2, 0.25) is 0 Å². The molecule has 1 nitrogen and oxygen atoms in total. The van der Waals surface area contributed by atoms with E-state index in [0.717, 1.165) is 6.42 Å². The lowest BCUT2D eigenvalue weighted by molar-refractivity contribution is 1.14. The van der Waals surface area contributed by atoms with Gasteiger partial charge in [-0.15, -0.1) is 0 Å². The predicted octanol–water partition coefficient (Wildman–Crippen LogP) is 9.81. The highest BCUT2D eigenvalue weighted by molar-refractivity contribution is 6.30. The quantitative estimate of drug-likeness (QED) is 0.242. The second-order valence-corrected chi connectivity index (χ2v) is 10.0. The molecule has 0 saturated carbocycles. The molecule has 0 fully saturated rings. The Balaban J connectivity index is 1.61. The van der Waals surface area contributed by atoms with Crippen LogP contribution in [-0.4, -0.2) is 4.57 Å². The van der Waals surface area contributed by atoms with Gasteiger partial charge in [-0.25, -0.2) is 0 Å². The average Bonchev–Trinajstić information content (AvgIpc) is 3.25. The van der Waals surface area contributed by atoms with Crippen molar-refractivity contribution in [1.29, 1.82) is 0 Å². The first-order chi connectivity index (χ1) is 18.3. The van der Waals surface area contributed by atoms with E-state index >= 15 is 0 Å². The molecule has 0 aliphatic heterocycles. The van der Waals surface area contributed by atoms with Gasteiger partial charge in [0.2, 0.25) is 0 Å². The Morgan fingerprint density at radius 1 is 0.486 bits per heavy atom. The Morgan fingerprint density at radius 3 is 2.00 bits per heavy atom. The molecule has 1 aliphatic rings. The Bertz CT molecular complexity index is 1990. The maximum Gasteiger partial charge on any atom is 0.0553 e. The van der Waals surface area contributed by atoms with Crippen LogP contribution in [0.4, 0.5) is 0 Å². The molecular formula is C36H25N. The third kappa shape index (κ3) is 2.86. The van der Waals surface area contributed by atoms with Crippen LogP contribution in [0.25, 0.3) is 71.6 Å². The van der Waals surface area contributed by atoms with Crippen molar-refractivity contribution in [1.82, 2.24) is 4.57 Å². The van der Waals surface area contributed by atoms with Crippen molar-refractivity contribution in [3.8, 4) is 39.1 Å². The molecule has 8 rings (SSSR count). The fraction of sp³-hybridized carbons (Fsp3) is 0.0556. The van der Waals surface area contributed by atoms with Crippen molar-refractivity contribution < 1.29 is 0 Å². The lowest BCUT2D eigenvalue weighted by atomic mass is 9.91. The summed E-state index contributed by atoms with van der Waals surface area (Å²) in [5.74, 6) is 0. The van der Waals surface area contributed by atoms with Gasteiger partial charge in [0.15, 0.2) is 0 Å². The highest BCUT2D eigenvalue weighted by Gasteiger charge is 2.25. The molecule has 0 bridgehead atoms. The molecule has 1 heterocycles. The van der Waals surface area contributed by atoms with Crippen LogP contribution in [0, 0.1) is 0 Å². The number of aromatic nitrogens is 1. The molecule has 0 spiro atoms. The summed E-state index contributed by atoms with van der Waals surface area (Å²) < 4.78 is 2.46. The number of nitrogens with zero attached hydrogens (tertiary/aromatic N) is 1. The molecule has 1 aromatic heterocycles. The van der Waals surface area contributed by atoms with Gasteiger partial charge in [0, 0.05) is 16.5 Å². The number of para-hydroxylation sites is 1. The molecular weight excluding hydrogens is 446 g/mol. The third-order valence-corrected chi connectivity index (χ3v) is 8.09. The van der Waals surface area contributed by atoms with Crippen molar-refractivity contribution >= 4 is 32.6 Å². The zero-order chi connectivity index (χ0) is 24.5. The van der Waals surface area contributed by atoms with Gasteiger partial charge in [0.1, 0.15) is 0 Å². The molecule has 1 aliphatic carbocycles. The van der Waals surface area contributed by atoms with E-state index < -0.39 is 0 Å². The number of benzene rings is 6. The summed E-state index contributed by atoms with van der Waals surface area (Å²) in [4.78, 5) is 0. The van der Waals surface area contributed by atoms with Crippen molar-refractivity contribution in [2.24, 2.45) is 0 Å². The largest absolute Gasteiger partial charge is 0.309 e. The minimum Gasteiger partial charge on any atom is -0.309 e. The van der Waals surface area contributed by atoms with E-state index in [4.69, 9.17) is 0 Å².